The van der Waals surface area contributed by atoms with E-state index in [0.717, 1.165) is 6.42 Å². The summed E-state index contributed by atoms with van der Waals surface area (Å²) in [5.74, 6) is -1.29. The maximum atomic E-state index is 3.94. The maximum Gasteiger partial charge on any atom is -0.147 e. The summed E-state index contributed by atoms with van der Waals surface area (Å²) in [6.07, 6.45) is 8.11. The first-order valence-corrected chi connectivity index (χ1v) is 33.9. The first kappa shape index (κ1) is 24.0. The molecule has 26 heavy (non-hydrogen) atoms. The fourth-order valence-corrected chi connectivity index (χ4v) is 31.5. The van der Waals surface area contributed by atoms with Gasteiger partial charge in [0.25, 0.3) is 0 Å². The molecule has 0 saturated carbocycles. The summed E-state index contributed by atoms with van der Waals surface area (Å²) in [5, 5.41) is 1.32. The van der Waals surface area contributed by atoms with Crippen molar-refractivity contribution in [2.24, 2.45) is 0 Å². The number of hydrogen-bond acceptors (Lipinski definition) is 0. The van der Waals surface area contributed by atoms with E-state index in [2.05, 4.69) is 94.4 Å². The third-order valence-corrected chi connectivity index (χ3v) is 104. The van der Waals surface area contributed by atoms with Gasteiger partial charge in [0.1, 0.15) is 0 Å². The second-order valence-corrected chi connectivity index (χ2v) is 117. The Kier molecular flexibility index (Phi) is 3.54. The molecule has 2 aromatic rings. The molecule has 149 valence electrons. The van der Waals surface area contributed by atoms with Gasteiger partial charge in [-0.1, -0.05) is 0 Å². The molecular weight excluding hydrogens is 456 g/mol. The van der Waals surface area contributed by atoms with Crippen molar-refractivity contribution in [3.05, 3.63) is 51.8 Å². The molecular formula is C21H38Cl2NSiZr. The van der Waals surface area contributed by atoms with Gasteiger partial charge in [-0.3, -0.25) is 0 Å². The van der Waals surface area contributed by atoms with Crippen molar-refractivity contribution in [2.45, 2.75) is 47.3 Å². The molecule has 0 radical (unpaired) electrons. The molecule has 1 N–H and O–H groups in total. The molecule has 0 atom stereocenters. The van der Waals surface area contributed by atoms with E-state index >= 15 is 0 Å². The minimum Gasteiger partial charge on any atom is -0.147 e. The van der Waals surface area contributed by atoms with Crippen LogP contribution in [0.2, 0.25) is 40.9 Å². The number of hydrogen-bond donors (Lipinski definition) is 1. The van der Waals surface area contributed by atoms with E-state index in [1.807, 2.05) is 0 Å². The van der Waals surface area contributed by atoms with E-state index in [1.54, 1.807) is 3.28 Å². The Balaban J connectivity index is 0.00000169. The maximum absolute atomic E-state index is 5.31. The Morgan fingerprint density at radius 3 is 1.96 bits per heavy atom. The Labute approximate surface area is 160 Å². The van der Waals surface area contributed by atoms with Gasteiger partial charge in [-0.15, -0.1) is 24.8 Å². The van der Waals surface area contributed by atoms with Gasteiger partial charge in [0.2, 0.25) is 0 Å². The molecule has 1 aliphatic rings. The number of para-hydroxylation sites is 1. The van der Waals surface area contributed by atoms with E-state index in [1.165, 1.54) is 14.3 Å². The van der Waals surface area contributed by atoms with Gasteiger partial charge >= 0.3 is 136 Å². The average Bonchev–Trinajstić information content (AvgIpc) is 3.08. The Bertz CT molecular complexity index is 1000. The number of allylic oxidation sites excluding steroid dienone is 4. The fraction of sp³-hybridized carbons (Fsp3) is 0.429. The third kappa shape index (κ3) is 2.30. The average molecular weight is 495 g/mol. The van der Waals surface area contributed by atoms with Crippen LogP contribution in [0.4, 0.5) is 0 Å². The largest absolute Gasteiger partial charge is 0.147 e. The quantitative estimate of drug-likeness (QED) is 0.423. The number of aromatic amines is 1. The number of aromatic nitrogens is 1. The third-order valence-electron chi connectivity index (χ3n) is 10.5. The number of H-pyrrole nitrogens is 1. The molecule has 0 saturated heterocycles. The molecule has 1 nitrogen and oxygen atoms in total. The molecule has 0 amide bonds. The SMILES string of the molecule is C[SiH](C)[Zr]([CH3])([CH3])([CH3])([CH3])([CH3])([CH3])([C]1=CC=CC1)[c]1cc2ccccc2[nH]1.Cl.Cl. The van der Waals surface area contributed by atoms with Gasteiger partial charge in [0.05, 0.1) is 0 Å². The molecule has 0 unspecified atom stereocenters. The second-order valence-electron chi connectivity index (χ2n) is 17.4. The van der Waals surface area contributed by atoms with Crippen molar-refractivity contribution in [3.63, 3.8) is 0 Å². The van der Waals surface area contributed by atoms with Crippen LogP contribution in [0, 0.1) is 0 Å². The van der Waals surface area contributed by atoms with Crippen molar-refractivity contribution < 1.29 is 12.0 Å². The van der Waals surface area contributed by atoms with Crippen LogP contribution in [-0.4, -0.2) is 10.9 Å². The first-order valence-electron chi connectivity index (χ1n) is 9.57. The van der Waals surface area contributed by atoms with Gasteiger partial charge in [0.15, 0.2) is 0 Å². The van der Waals surface area contributed by atoms with Crippen LogP contribution in [0.25, 0.3) is 10.9 Å². The second kappa shape index (κ2) is 3.84. The summed E-state index contributed by atoms with van der Waals surface area (Å²) in [4.78, 5) is 3.94. The van der Waals surface area contributed by atoms with Crippen LogP contribution in [0.15, 0.2) is 51.8 Å². The standard InChI is InChI=1S/C8H6N.C5H5.C2H7Si.6CH3.2ClH.Zr/c1-2-4-8-7(3-1)5-6-9-8;1-2-4-5-3-1;1-3-2;;;;;;;;;/h1-5,9H;1-3H,4H2;3H,1-2H3;6*1H3;2*1H;. The topological polar surface area (TPSA) is 15.8 Å². The van der Waals surface area contributed by atoms with Gasteiger partial charge < -0.3 is 0 Å². The van der Waals surface area contributed by atoms with Gasteiger partial charge in [0, 0.05) is 0 Å². The van der Waals surface area contributed by atoms with Crippen LogP contribution in [0.1, 0.15) is 6.42 Å². The minimum atomic E-state index is -5.31. The number of rotatable bonds is 3. The van der Waals surface area contributed by atoms with Gasteiger partial charge in [-0.05, 0) is 0 Å². The zero-order valence-corrected chi connectivity index (χ0v) is 23.0. The molecule has 1 aromatic carbocycles. The van der Waals surface area contributed by atoms with Crippen molar-refractivity contribution in [2.75, 3.05) is 0 Å². The molecule has 1 aromatic heterocycles. The summed E-state index contributed by atoms with van der Waals surface area (Å²) in [6.45, 7) is 5.14. The predicted octanol–water partition coefficient (Wildman–Crippen LogP) is 7.59. The van der Waals surface area contributed by atoms with Crippen molar-refractivity contribution in [3.8, 4) is 0 Å². The van der Waals surface area contributed by atoms with E-state index in [9.17, 15) is 0 Å². The Morgan fingerprint density at radius 1 is 0.923 bits per heavy atom. The summed E-state index contributed by atoms with van der Waals surface area (Å²) in [6, 6.07) is 11.2. The minimum absolute atomic E-state index is 0. The molecule has 0 fully saturated rings. The molecule has 0 aliphatic heterocycles. The van der Waals surface area contributed by atoms with E-state index in [0.29, 0.717) is 0 Å². The van der Waals surface area contributed by atoms with Crippen molar-refractivity contribution in [1.82, 2.24) is 4.98 Å². The predicted molar refractivity (Wildman–Crippen MR) is 128 cm³/mol. The van der Waals surface area contributed by atoms with E-state index < -0.39 is 17.9 Å². The van der Waals surface area contributed by atoms with Gasteiger partial charge in [-0.25, -0.2) is 0 Å². The molecule has 1 aliphatic carbocycles. The summed E-state index contributed by atoms with van der Waals surface area (Å²) in [5.41, 5.74) is 1.25. The van der Waals surface area contributed by atoms with Crippen molar-refractivity contribution >= 4 is 45.0 Å². The Hall–Kier alpha value is -0.0800. The fourth-order valence-electron chi connectivity index (χ4n) is 4.64. The number of fused-ring (bicyclic) bond motifs is 1. The smallest absolute Gasteiger partial charge is 0.147 e. The first-order chi connectivity index (χ1) is 10.3. The number of nitrogens with one attached hydrogen (secondary N) is 1. The molecule has 0 spiro atoms. The van der Waals surface area contributed by atoms with E-state index in [-0.39, 0.29) is 24.8 Å². The van der Waals surface area contributed by atoms with Crippen molar-refractivity contribution in [1.29, 1.82) is 0 Å². The normalized spacial score (nSPS) is 22.5. The summed E-state index contributed by atoms with van der Waals surface area (Å²) in [7, 11) is 0. The van der Waals surface area contributed by atoms with Crippen LogP contribution < -0.4 is 3.40 Å². The van der Waals surface area contributed by atoms with Crippen LogP contribution in [0.3, 0.4) is 0 Å². The Morgan fingerprint density at radius 2 is 1.50 bits per heavy atom. The zero-order valence-electron chi connectivity index (χ0n) is 17.7. The number of halogens is 2. The molecule has 0 bridgehead atoms. The van der Waals surface area contributed by atoms with Gasteiger partial charge in [-0.2, -0.15) is 0 Å². The molecule has 5 heteroatoms. The molecule has 1 heterocycles. The zero-order chi connectivity index (χ0) is 18.3. The van der Waals surface area contributed by atoms with E-state index in [4.69, 9.17) is 0 Å². The van der Waals surface area contributed by atoms with Crippen LogP contribution in [0.5, 0.6) is 0 Å². The summed E-state index contributed by atoms with van der Waals surface area (Å²) >= 11 is -5.31. The molecule has 3 rings (SSSR count). The monoisotopic (exact) mass is 492 g/mol. The summed E-state index contributed by atoms with van der Waals surface area (Å²) < 4.78 is 19.3. The van der Waals surface area contributed by atoms with Crippen LogP contribution in [-0.2, 0) is 12.0 Å². The number of benzene rings is 1. The van der Waals surface area contributed by atoms with Crippen LogP contribution >= 0.6 is 24.8 Å².